The minimum Gasteiger partial charge on any atom is -0.275 e. The Morgan fingerprint density at radius 3 is 2.62 bits per heavy atom. The molecule has 0 atom stereocenters. The van der Waals surface area contributed by atoms with E-state index >= 15 is 0 Å². The van der Waals surface area contributed by atoms with Crippen LogP contribution in [0.5, 0.6) is 0 Å². The maximum atomic E-state index is 11.2. The third-order valence-electron chi connectivity index (χ3n) is 1.93. The Hall–Kier alpha value is -1.72. The summed E-state index contributed by atoms with van der Waals surface area (Å²) in [4.78, 5) is 27.3. The lowest BCUT2D eigenvalue weighted by Gasteiger charge is -2.10. The van der Waals surface area contributed by atoms with E-state index in [4.69, 9.17) is 0 Å². The van der Waals surface area contributed by atoms with Crippen molar-refractivity contribution in [1.29, 1.82) is 0 Å². The first-order valence-electron chi connectivity index (χ1n) is 3.95. The molecule has 1 aliphatic heterocycles. The summed E-state index contributed by atoms with van der Waals surface area (Å²) in [5.41, 5.74) is 0. The van der Waals surface area contributed by atoms with Crippen molar-refractivity contribution in [3.63, 3.8) is 0 Å². The minimum absolute atomic E-state index is 0.138. The van der Waals surface area contributed by atoms with E-state index in [1.807, 2.05) is 0 Å². The quantitative estimate of drug-likeness (QED) is 0.619. The van der Waals surface area contributed by atoms with E-state index in [-0.39, 0.29) is 18.4 Å². The van der Waals surface area contributed by atoms with Crippen LogP contribution in [0.1, 0.15) is 18.7 Å². The lowest BCUT2D eigenvalue weighted by molar-refractivity contribution is -0.139. The number of nitrogens with zero attached hydrogens (tertiary/aromatic N) is 3. The van der Waals surface area contributed by atoms with E-state index < -0.39 is 0 Å². The van der Waals surface area contributed by atoms with Crippen molar-refractivity contribution in [3.05, 3.63) is 12.2 Å². The number of carbonyl (C=O) groups is 2. The van der Waals surface area contributed by atoms with E-state index in [0.29, 0.717) is 18.7 Å². The van der Waals surface area contributed by atoms with Crippen molar-refractivity contribution in [2.75, 3.05) is 0 Å². The number of aromatic nitrogens is 3. The van der Waals surface area contributed by atoms with Gasteiger partial charge in [-0.25, -0.2) is 4.98 Å². The van der Waals surface area contributed by atoms with Gasteiger partial charge in [0.15, 0.2) is 0 Å². The minimum atomic E-state index is -0.138. The number of imide groups is 1. The molecule has 0 bridgehead atoms. The lowest BCUT2D eigenvalue weighted by atomic mass is 10.4. The molecule has 2 heterocycles. The highest BCUT2D eigenvalue weighted by Gasteiger charge is 2.29. The second kappa shape index (κ2) is 2.96. The predicted molar refractivity (Wildman–Crippen MR) is 41.2 cm³/mol. The summed E-state index contributed by atoms with van der Waals surface area (Å²) in [7, 11) is 0. The molecule has 0 unspecified atom stereocenters. The van der Waals surface area contributed by atoms with Crippen molar-refractivity contribution in [3.8, 4) is 0 Å². The molecular formula is C7H8N4O2. The zero-order valence-corrected chi connectivity index (χ0v) is 6.86. The number of hydrogen-bond acceptors (Lipinski definition) is 4. The highest BCUT2D eigenvalue weighted by molar-refractivity contribution is 6.01. The molecule has 1 saturated heterocycles. The predicted octanol–water partition coefficient (Wildman–Crippen LogP) is -0.546. The Morgan fingerprint density at radius 2 is 2.08 bits per heavy atom. The van der Waals surface area contributed by atoms with Crippen LogP contribution in [0.3, 0.4) is 0 Å². The maximum Gasteiger partial charge on any atom is 0.230 e. The van der Waals surface area contributed by atoms with E-state index in [1.54, 1.807) is 0 Å². The molecular weight excluding hydrogens is 172 g/mol. The molecule has 6 heteroatoms. The third-order valence-corrected chi connectivity index (χ3v) is 1.93. The maximum absolute atomic E-state index is 11.2. The van der Waals surface area contributed by atoms with Gasteiger partial charge >= 0.3 is 0 Å². The first-order chi connectivity index (χ1) is 6.27. The topological polar surface area (TPSA) is 79.0 Å². The van der Waals surface area contributed by atoms with Crippen molar-refractivity contribution < 1.29 is 9.59 Å². The Labute approximate surface area is 74.0 Å². The van der Waals surface area contributed by atoms with Crippen LogP contribution >= 0.6 is 0 Å². The van der Waals surface area contributed by atoms with Gasteiger partial charge in [0.2, 0.25) is 11.8 Å². The molecule has 68 valence electrons. The first kappa shape index (κ1) is 7.90. The van der Waals surface area contributed by atoms with Crippen LogP contribution in [-0.2, 0) is 16.1 Å². The summed E-state index contributed by atoms with van der Waals surface area (Å²) in [6.45, 7) is 0.206. The van der Waals surface area contributed by atoms with Gasteiger partial charge in [-0.05, 0) is 0 Å². The summed E-state index contributed by atoms with van der Waals surface area (Å²) in [6, 6.07) is 0. The van der Waals surface area contributed by atoms with Crippen LogP contribution in [0.2, 0.25) is 0 Å². The highest BCUT2D eigenvalue weighted by Crippen LogP contribution is 2.13. The molecule has 6 nitrogen and oxygen atoms in total. The molecule has 2 amide bonds. The molecule has 2 rings (SSSR count). The van der Waals surface area contributed by atoms with Gasteiger partial charge < -0.3 is 0 Å². The van der Waals surface area contributed by atoms with Gasteiger partial charge in [-0.15, -0.1) is 0 Å². The molecule has 1 aromatic heterocycles. The Morgan fingerprint density at radius 1 is 1.38 bits per heavy atom. The highest BCUT2D eigenvalue weighted by atomic mass is 16.2. The van der Waals surface area contributed by atoms with Crippen LogP contribution in [0.4, 0.5) is 0 Å². The van der Waals surface area contributed by atoms with Gasteiger partial charge in [-0.2, -0.15) is 5.10 Å². The lowest BCUT2D eigenvalue weighted by Crippen LogP contribution is -2.28. The number of hydrogen-bond donors (Lipinski definition) is 1. The molecule has 0 spiro atoms. The van der Waals surface area contributed by atoms with Crippen molar-refractivity contribution in [2.45, 2.75) is 19.4 Å². The Balaban J connectivity index is 2.09. The summed E-state index contributed by atoms with van der Waals surface area (Å²) in [6.07, 6.45) is 1.97. The molecule has 1 aliphatic rings. The normalized spacial score (nSPS) is 17.1. The fourth-order valence-electron chi connectivity index (χ4n) is 1.26. The van der Waals surface area contributed by atoms with E-state index in [0.717, 1.165) is 0 Å². The van der Waals surface area contributed by atoms with Gasteiger partial charge in [-0.1, -0.05) is 0 Å². The molecule has 1 N–H and O–H groups in total. The summed E-state index contributed by atoms with van der Waals surface area (Å²) in [5.74, 6) is 0.256. The van der Waals surface area contributed by atoms with Crippen LogP contribution in [-0.4, -0.2) is 31.9 Å². The van der Waals surface area contributed by atoms with Crippen molar-refractivity contribution >= 4 is 11.8 Å². The van der Waals surface area contributed by atoms with Gasteiger partial charge in [0.25, 0.3) is 0 Å². The molecule has 0 radical (unpaired) electrons. The SMILES string of the molecule is O=C1CCC(=O)N1Cc1ncn[nH]1. The Kier molecular flexibility index (Phi) is 1.80. The molecule has 0 aromatic carbocycles. The number of likely N-dealkylation sites (tertiary alicyclic amines) is 1. The second-order valence-corrected chi connectivity index (χ2v) is 2.81. The first-order valence-corrected chi connectivity index (χ1v) is 3.95. The van der Waals surface area contributed by atoms with Crippen LogP contribution in [0, 0.1) is 0 Å². The van der Waals surface area contributed by atoms with Crippen LogP contribution in [0.25, 0.3) is 0 Å². The smallest absolute Gasteiger partial charge is 0.230 e. The second-order valence-electron chi connectivity index (χ2n) is 2.81. The average molecular weight is 180 g/mol. The zero-order chi connectivity index (χ0) is 9.26. The number of aromatic amines is 1. The van der Waals surface area contributed by atoms with Crippen molar-refractivity contribution in [2.24, 2.45) is 0 Å². The van der Waals surface area contributed by atoms with Crippen molar-refractivity contribution in [1.82, 2.24) is 20.1 Å². The summed E-state index contributed by atoms with van der Waals surface area (Å²) in [5, 5.41) is 6.23. The van der Waals surface area contributed by atoms with Crippen LogP contribution < -0.4 is 0 Å². The standard InChI is InChI=1S/C7H8N4O2/c12-6-1-2-7(13)11(6)3-5-8-4-9-10-5/h4H,1-3H2,(H,8,9,10). The van der Waals surface area contributed by atoms with Gasteiger partial charge in [0.05, 0.1) is 6.54 Å². The van der Waals surface area contributed by atoms with Gasteiger partial charge in [0, 0.05) is 12.8 Å². The number of H-pyrrole nitrogens is 1. The average Bonchev–Trinajstić information content (AvgIpc) is 2.70. The fraction of sp³-hybridized carbons (Fsp3) is 0.429. The number of amides is 2. The zero-order valence-electron chi connectivity index (χ0n) is 6.86. The third kappa shape index (κ3) is 1.42. The number of rotatable bonds is 2. The molecule has 0 aliphatic carbocycles. The van der Waals surface area contributed by atoms with Crippen LogP contribution in [0.15, 0.2) is 6.33 Å². The van der Waals surface area contributed by atoms with Gasteiger partial charge in [0.1, 0.15) is 12.2 Å². The number of nitrogens with one attached hydrogen (secondary N) is 1. The Bertz CT molecular complexity index is 316. The number of carbonyl (C=O) groups excluding carboxylic acids is 2. The fourth-order valence-corrected chi connectivity index (χ4v) is 1.26. The molecule has 1 fully saturated rings. The van der Waals surface area contributed by atoms with E-state index in [1.165, 1.54) is 11.2 Å². The molecule has 0 saturated carbocycles. The van der Waals surface area contributed by atoms with E-state index in [9.17, 15) is 9.59 Å². The van der Waals surface area contributed by atoms with E-state index in [2.05, 4.69) is 15.2 Å². The molecule has 13 heavy (non-hydrogen) atoms. The molecule has 1 aromatic rings. The monoisotopic (exact) mass is 180 g/mol. The largest absolute Gasteiger partial charge is 0.275 e. The van der Waals surface area contributed by atoms with Gasteiger partial charge in [-0.3, -0.25) is 19.6 Å². The summed E-state index contributed by atoms with van der Waals surface area (Å²) < 4.78 is 0. The summed E-state index contributed by atoms with van der Waals surface area (Å²) >= 11 is 0.